The molecule has 0 spiro atoms. The number of amides is 1. The van der Waals surface area contributed by atoms with Crippen LogP contribution in [0.3, 0.4) is 0 Å². The topological polar surface area (TPSA) is 64.8 Å². The van der Waals surface area contributed by atoms with Crippen LogP contribution in [0.4, 0.5) is 0 Å². The molecule has 0 aliphatic heterocycles. The average molecular weight is 393 g/mol. The zero-order chi connectivity index (χ0) is 18.5. The molecule has 1 aliphatic rings. The fraction of sp³-hybridized carbons (Fsp3) is 0.476. The first-order chi connectivity index (χ1) is 12.7. The summed E-state index contributed by atoms with van der Waals surface area (Å²) >= 11 is 0. The Morgan fingerprint density at radius 3 is 2.56 bits per heavy atom. The zero-order valence-corrected chi connectivity index (χ0v) is 16.8. The molecule has 6 heteroatoms. The van der Waals surface area contributed by atoms with Gasteiger partial charge in [-0.2, -0.15) is 0 Å². The molecule has 1 saturated carbocycles. The first-order valence-electron chi connectivity index (χ1n) is 9.25. The van der Waals surface area contributed by atoms with Crippen molar-refractivity contribution in [2.75, 3.05) is 20.8 Å². The Hall–Kier alpha value is -1.82. The minimum absolute atomic E-state index is 0. The quantitative estimate of drug-likeness (QED) is 0.783. The normalized spacial score (nSPS) is 15.4. The summed E-state index contributed by atoms with van der Waals surface area (Å²) in [6.07, 6.45) is 4.36. The van der Waals surface area contributed by atoms with Gasteiger partial charge in [0.1, 0.15) is 11.8 Å². The summed E-state index contributed by atoms with van der Waals surface area (Å²) in [4.78, 5) is 15.0. The molecule has 27 heavy (non-hydrogen) atoms. The second kappa shape index (κ2) is 9.93. The first kappa shape index (κ1) is 21.5. The fourth-order valence-electron chi connectivity index (χ4n) is 3.91. The Morgan fingerprint density at radius 2 is 1.89 bits per heavy atom. The van der Waals surface area contributed by atoms with Crippen LogP contribution in [-0.2, 0) is 16.1 Å². The van der Waals surface area contributed by atoms with Gasteiger partial charge in [0.2, 0.25) is 5.91 Å². The third kappa shape index (κ3) is 4.72. The maximum Gasteiger partial charge on any atom is 0.242 e. The molecule has 0 aromatic heterocycles. The van der Waals surface area contributed by atoms with Crippen LogP contribution in [-0.4, -0.2) is 43.7 Å². The van der Waals surface area contributed by atoms with Crippen molar-refractivity contribution in [1.82, 2.24) is 4.90 Å². The van der Waals surface area contributed by atoms with Crippen LogP contribution in [0.1, 0.15) is 31.2 Å². The maximum atomic E-state index is 13.0. The van der Waals surface area contributed by atoms with E-state index in [0.717, 1.165) is 47.8 Å². The monoisotopic (exact) mass is 392 g/mol. The highest BCUT2D eigenvalue weighted by Crippen LogP contribution is 2.32. The number of benzene rings is 2. The third-order valence-electron chi connectivity index (χ3n) is 5.26. The van der Waals surface area contributed by atoms with Crippen LogP contribution in [0.5, 0.6) is 5.75 Å². The summed E-state index contributed by atoms with van der Waals surface area (Å²) in [7, 11) is 3.24. The van der Waals surface area contributed by atoms with E-state index in [9.17, 15) is 4.79 Å². The number of nitrogens with two attached hydrogens (primary N) is 1. The minimum atomic E-state index is -0.637. The van der Waals surface area contributed by atoms with Crippen molar-refractivity contribution in [1.29, 1.82) is 0 Å². The largest absolute Gasteiger partial charge is 0.496 e. The zero-order valence-electron chi connectivity index (χ0n) is 16.0. The lowest BCUT2D eigenvalue weighted by atomic mass is 10.0. The average Bonchev–Trinajstić information content (AvgIpc) is 3.20. The van der Waals surface area contributed by atoms with Crippen LogP contribution in [0.2, 0.25) is 0 Å². The van der Waals surface area contributed by atoms with Gasteiger partial charge in [-0.25, -0.2) is 0 Å². The highest BCUT2D eigenvalue weighted by atomic mass is 35.5. The Labute approximate surface area is 167 Å². The van der Waals surface area contributed by atoms with Crippen molar-refractivity contribution in [2.24, 2.45) is 5.73 Å². The molecule has 0 heterocycles. The smallest absolute Gasteiger partial charge is 0.242 e. The number of rotatable bonds is 7. The molecular formula is C21H29ClN2O3. The molecule has 1 aliphatic carbocycles. The van der Waals surface area contributed by atoms with Crippen LogP contribution in [0.15, 0.2) is 36.4 Å². The second-order valence-electron chi connectivity index (χ2n) is 6.93. The molecular weight excluding hydrogens is 364 g/mol. The predicted octanol–water partition coefficient (Wildman–Crippen LogP) is 3.52. The van der Waals surface area contributed by atoms with Crippen LogP contribution in [0, 0.1) is 0 Å². The first-order valence-corrected chi connectivity index (χ1v) is 9.25. The molecule has 2 aromatic carbocycles. The van der Waals surface area contributed by atoms with Gasteiger partial charge < -0.3 is 20.1 Å². The van der Waals surface area contributed by atoms with E-state index in [1.165, 1.54) is 0 Å². The van der Waals surface area contributed by atoms with E-state index in [1.807, 2.05) is 23.1 Å². The molecule has 0 saturated heterocycles. The van der Waals surface area contributed by atoms with Gasteiger partial charge in [0, 0.05) is 18.7 Å². The molecule has 1 atom stereocenters. The number of hydrogen-bond donors (Lipinski definition) is 1. The third-order valence-corrected chi connectivity index (χ3v) is 5.26. The van der Waals surface area contributed by atoms with Gasteiger partial charge in [0.25, 0.3) is 0 Å². The molecule has 0 bridgehead atoms. The Morgan fingerprint density at radius 1 is 1.19 bits per heavy atom. The van der Waals surface area contributed by atoms with Gasteiger partial charge in [-0.15, -0.1) is 12.4 Å². The van der Waals surface area contributed by atoms with Crippen molar-refractivity contribution in [3.8, 4) is 5.75 Å². The molecule has 148 valence electrons. The van der Waals surface area contributed by atoms with Crippen LogP contribution in [0.25, 0.3) is 10.8 Å². The summed E-state index contributed by atoms with van der Waals surface area (Å²) < 4.78 is 10.7. The van der Waals surface area contributed by atoms with E-state index in [4.69, 9.17) is 15.2 Å². The Kier molecular flexibility index (Phi) is 7.90. The minimum Gasteiger partial charge on any atom is -0.496 e. The molecule has 3 rings (SSSR count). The number of halogens is 1. The van der Waals surface area contributed by atoms with Crippen LogP contribution < -0.4 is 10.5 Å². The van der Waals surface area contributed by atoms with Crippen molar-refractivity contribution >= 4 is 29.1 Å². The molecule has 2 aromatic rings. The number of fused-ring (bicyclic) bond motifs is 1. The lowest BCUT2D eigenvalue weighted by Crippen LogP contribution is -2.49. The van der Waals surface area contributed by atoms with Gasteiger partial charge in [0.15, 0.2) is 0 Å². The molecule has 5 nitrogen and oxygen atoms in total. The highest BCUT2D eigenvalue weighted by Gasteiger charge is 2.31. The summed E-state index contributed by atoms with van der Waals surface area (Å²) in [5.74, 6) is 0.758. The standard InChI is InChI=1S/C21H28N2O3.ClH/c1-25-14-19(22)21(24)23(16-8-4-5-9-16)13-18-17-10-6-3-7-15(17)11-12-20(18)26-2;/h3,6-7,10-12,16,19H,4-5,8-9,13-14,22H2,1-2H3;1H. The van der Waals surface area contributed by atoms with E-state index in [0.29, 0.717) is 6.54 Å². The number of nitrogens with zero attached hydrogens (tertiary/aromatic N) is 1. The van der Waals surface area contributed by atoms with E-state index >= 15 is 0 Å². The van der Waals surface area contributed by atoms with Gasteiger partial charge in [-0.1, -0.05) is 43.2 Å². The van der Waals surface area contributed by atoms with Gasteiger partial charge in [-0.05, 0) is 29.7 Å². The number of carbonyl (C=O) groups excluding carboxylic acids is 1. The van der Waals surface area contributed by atoms with E-state index in [-0.39, 0.29) is 31.0 Å². The number of methoxy groups -OCH3 is 2. The fourth-order valence-corrected chi connectivity index (χ4v) is 3.91. The lowest BCUT2D eigenvalue weighted by Gasteiger charge is -2.32. The highest BCUT2D eigenvalue weighted by molar-refractivity contribution is 5.89. The SMILES string of the molecule is COCC(N)C(=O)N(Cc1c(OC)ccc2ccccc12)C1CCCC1.Cl. The van der Waals surface area contributed by atoms with Gasteiger partial charge in [0.05, 0.1) is 20.3 Å². The maximum absolute atomic E-state index is 13.0. The van der Waals surface area contributed by atoms with E-state index < -0.39 is 6.04 Å². The Balaban J connectivity index is 0.00000261. The summed E-state index contributed by atoms with van der Waals surface area (Å²) in [6.45, 7) is 0.736. The molecule has 1 fully saturated rings. The molecule has 2 N–H and O–H groups in total. The molecule has 1 amide bonds. The van der Waals surface area contributed by atoms with Crippen molar-refractivity contribution in [3.63, 3.8) is 0 Å². The van der Waals surface area contributed by atoms with E-state index in [1.54, 1.807) is 14.2 Å². The molecule has 0 radical (unpaired) electrons. The summed E-state index contributed by atoms with van der Waals surface area (Å²) in [5, 5.41) is 2.26. The van der Waals surface area contributed by atoms with Gasteiger partial charge >= 0.3 is 0 Å². The number of ether oxygens (including phenoxy) is 2. The predicted molar refractivity (Wildman–Crippen MR) is 110 cm³/mol. The second-order valence-corrected chi connectivity index (χ2v) is 6.93. The number of hydrogen-bond acceptors (Lipinski definition) is 4. The summed E-state index contributed by atoms with van der Waals surface area (Å²) in [6, 6.07) is 11.8. The Bertz CT molecular complexity index is 762. The molecule has 1 unspecified atom stereocenters. The van der Waals surface area contributed by atoms with Gasteiger partial charge in [-0.3, -0.25) is 4.79 Å². The summed E-state index contributed by atoms with van der Waals surface area (Å²) in [5.41, 5.74) is 7.12. The van der Waals surface area contributed by atoms with Crippen LogP contribution >= 0.6 is 12.4 Å². The van der Waals surface area contributed by atoms with E-state index in [2.05, 4.69) is 18.2 Å². The van der Waals surface area contributed by atoms with Crippen molar-refractivity contribution in [3.05, 3.63) is 42.0 Å². The number of carbonyl (C=O) groups is 1. The van der Waals surface area contributed by atoms with Crippen molar-refractivity contribution < 1.29 is 14.3 Å². The van der Waals surface area contributed by atoms with Crippen molar-refractivity contribution in [2.45, 2.75) is 44.3 Å². The lowest BCUT2D eigenvalue weighted by molar-refractivity contribution is -0.136.